The molecule has 0 spiro atoms. The Labute approximate surface area is 274 Å². The minimum atomic E-state index is 0.330. The molecular formula is C42H46N4. The predicted octanol–water partition coefficient (Wildman–Crippen LogP) is 9.62. The van der Waals surface area contributed by atoms with Gasteiger partial charge >= 0.3 is 0 Å². The van der Waals surface area contributed by atoms with Crippen molar-refractivity contribution in [3.8, 4) is 22.3 Å². The first-order chi connectivity index (χ1) is 22.7. The van der Waals surface area contributed by atoms with E-state index in [-0.39, 0.29) is 0 Å². The van der Waals surface area contributed by atoms with Crippen LogP contribution in [0, 0.1) is 11.8 Å². The second-order valence-electron chi connectivity index (χ2n) is 14.0. The largest absolute Gasteiger partial charge is 0.299 e. The predicted molar refractivity (Wildman–Crippen MR) is 192 cm³/mol. The van der Waals surface area contributed by atoms with Crippen LogP contribution >= 0.6 is 0 Å². The molecule has 4 heteroatoms. The fraction of sp³-hybridized carbons (Fsp3) is 0.405. The number of rotatable bonds is 7. The van der Waals surface area contributed by atoms with Crippen LogP contribution in [0.2, 0.25) is 0 Å². The van der Waals surface area contributed by atoms with E-state index in [0.717, 1.165) is 43.8 Å². The first-order valence-corrected chi connectivity index (χ1v) is 17.8. The molecule has 1 aromatic heterocycles. The van der Waals surface area contributed by atoms with Gasteiger partial charge in [0.15, 0.2) is 0 Å². The van der Waals surface area contributed by atoms with Gasteiger partial charge in [0, 0.05) is 42.5 Å². The van der Waals surface area contributed by atoms with Crippen molar-refractivity contribution in [3.63, 3.8) is 0 Å². The van der Waals surface area contributed by atoms with Gasteiger partial charge in [-0.2, -0.15) is 0 Å². The molecule has 2 fully saturated rings. The van der Waals surface area contributed by atoms with Crippen LogP contribution in [0.4, 0.5) is 5.69 Å². The Morgan fingerprint density at radius 2 is 1.70 bits per heavy atom. The lowest BCUT2D eigenvalue weighted by atomic mass is 9.69. The topological polar surface area (TPSA) is 40.9 Å². The first kappa shape index (κ1) is 29.5. The van der Waals surface area contributed by atoms with Gasteiger partial charge in [0.1, 0.15) is 0 Å². The summed E-state index contributed by atoms with van der Waals surface area (Å²) in [6.45, 7) is 9.01. The first-order valence-electron chi connectivity index (χ1n) is 17.8. The minimum Gasteiger partial charge on any atom is -0.299 e. The molecule has 3 aliphatic heterocycles. The second-order valence-corrected chi connectivity index (χ2v) is 14.0. The van der Waals surface area contributed by atoms with Gasteiger partial charge in [-0.05, 0) is 133 Å². The van der Waals surface area contributed by atoms with Crippen LogP contribution in [-0.4, -0.2) is 40.9 Å². The lowest BCUT2D eigenvalue weighted by Gasteiger charge is -2.35. The molecule has 4 heterocycles. The number of fused-ring (bicyclic) bond motifs is 4. The zero-order valence-electron chi connectivity index (χ0n) is 27.5. The number of aryl methyl sites for hydroxylation is 1. The van der Waals surface area contributed by atoms with Crippen LogP contribution < -0.4 is 0 Å². The van der Waals surface area contributed by atoms with Gasteiger partial charge in [0.05, 0.1) is 17.1 Å². The van der Waals surface area contributed by atoms with E-state index < -0.39 is 0 Å². The molecule has 4 aromatic rings. The quantitative estimate of drug-likeness (QED) is 0.210. The molecule has 0 bridgehead atoms. The number of pyridine rings is 1. The van der Waals surface area contributed by atoms with E-state index in [0.29, 0.717) is 17.8 Å². The molecule has 1 aliphatic carbocycles. The zero-order chi connectivity index (χ0) is 31.0. The standard InChI is InChI=1S/C42H46N4/c1-3-28-20-29(27-46-18-6-5-7-19-46)22-34(21-28)31-13-16-37-36-15-14-33(36)26-44-42(39(37)24-31)41-30(4-2)23-38-35(11-8-12-40(38)45-41)32-10-9-17-43-25-32/h8-13,16-17,20-22,24-25,30,33,36H,3-7,14-15,18-19,23,26-27H2,1-2H3. The van der Waals surface area contributed by atoms with Crippen molar-refractivity contribution in [2.24, 2.45) is 21.8 Å². The van der Waals surface area contributed by atoms with Crippen LogP contribution in [-0.2, 0) is 19.4 Å². The van der Waals surface area contributed by atoms with Crippen molar-refractivity contribution >= 4 is 17.1 Å². The third-order valence-corrected chi connectivity index (χ3v) is 11.2. The number of hydrogen-bond donors (Lipinski definition) is 0. The molecule has 4 aliphatic rings. The average molecular weight is 607 g/mol. The van der Waals surface area contributed by atoms with Gasteiger partial charge < -0.3 is 0 Å². The second kappa shape index (κ2) is 12.7. The lowest BCUT2D eigenvalue weighted by molar-refractivity contribution is 0.221. The Balaban J connectivity index is 1.21. The molecule has 4 nitrogen and oxygen atoms in total. The van der Waals surface area contributed by atoms with Gasteiger partial charge in [-0.25, -0.2) is 0 Å². The monoisotopic (exact) mass is 606 g/mol. The Bertz CT molecular complexity index is 1800. The molecule has 46 heavy (non-hydrogen) atoms. The summed E-state index contributed by atoms with van der Waals surface area (Å²) in [4.78, 5) is 18.0. The van der Waals surface area contributed by atoms with Crippen molar-refractivity contribution in [2.75, 3.05) is 19.6 Å². The number of aliphatic imine (C=N–C) groups is 2. The summed E-state index contributed by atoms with van der Waals surface area (Å²) in [7, 11) is 0. The normalized spacial score (nSPS) is 22.4. The van der Waals surface area contributed by atoms with Crippen LogP contribution in [0.5, 0.6) is 0 Å². The fourth-order valence-electron chi connectivity index (χ4n) is 8.41. The molecule has 3 unspecified atom stereocenters. The Morgan fingerprint density at radius 3 is 2.48 bits per heavy atom. The molecular weight excluding hydrogens is 560 g/mol. The van der Waals surface area contributed by atoms with E-state index in [4.69, 9.17) is 9.98 Å². The highest BCUT2D eigenvalue weighted by Crippen LogP contribution is 2.47. The van der Waals surface area contributed by atoms with E-state index in [1.54, 1.807) is 0 Å². The van der Waals surface area contributed by atoms with Crippen molar-refractivity contribution in [1.29, 1.82) is 0 Å². The molecule has 3 aromatic carbocycles. The SMILES string of the molecule is CCc1cc(CN2CCCCC2)cc(-c2ccc3c(c2)C(C2=Nc4cccc(-c5cccnc5)c4CC2CC)=NCC2CCC32)c1. The summed E-state index contributed by atoms with van der Waals surface area (Å²) >= 11 is 0. The summed E-state index contributed by atoms with van der Waals surface area (Å²) in [5, 5.41) is 0. The minimum absolute atomic E-state index is 0.330. The smallest absolute Gasteiger partial charge is 0.0867 e. The molecule has 234 valence electrons. The summed E-state index contributed by atoms with van der Waals surface area (Å²) < 4.78 is 0. The third-order valence-electron chi connectivity index (χ3n) is 11.2. The molecule has 1 saturated carbocycles. The number of piperidine rings is 1. The maximum absolute atomic E-state index is 5.49. The van der Waals surface area contributed by atoms with Gasteiger partial charge in [0.25, 0.3) is 0 Å². The van der Waals surface area contributed by atoms with Crippen LogP contribution in [0.25, 0.3) is 22.3 Å². The van der Waals surface area contributed by atoms with Gasteiger partial charge in [-0.1, -0.05) is 62.7 Å². The summed E-state index contributed by atoms with van der Waals surface area (Å²) in [6.07, 6.45) is 13.5. The Morgan fingerprint density at radius 1 is 0.804 bits per heavy atom. The lowest BCUT2D eigenvalue weighted by Crippen LogP contribution is -2.29. The number of likely N-dealkylation sites (tertiary alicyclic amines) is 1. The van der Waals surface area contributed by atoms with Gasteiger partial charge in [-0.15, -0.1) is 0 Å². The number of nitrogens with zero attached hydrogens (tertiary/aromatic N) is 4. The molecule has 8 rings (SSSR count). The van der Waals surface area contributed by atoms with Crippen LogP contribution in [0.15, 0.2) is 89.1 Å². The maximum Gasteiger partial charge on any atom is 0.0867 e. The number of hydrogen-bond acceptors (Lipinski definition) is 4. The molecule has 0 N–H and O–H groups in total. The van der Waals surface area contributed by atoms with Gasteiger partial charge in [0.2, 0.25) is 0 Å². The number of aromatic nitrogens is 1. The molecule has 0 amide bonds. The Hall–Kier alpha value is -3.89. The van der Waals surface area contributed by atoms with Crippen molar-refractivity contribution in [3.05, 3.63) is 107 Å². The van der Waals surface area contributed by atoms with Crippen molar-refractivity contribution in [2.45, 2.75) is 77.7 Å². The highest BCUT2D eigenvalue weighted by atomic mass is 15.1. The summed E-state index contributed by atoms with van der Waals surface area (Å²) in [6, 6.07) is 25.4. The fourth-order valence-corrected chi connectivity index (χ4v) is 8.41. The maximum atomic E-state index is 5.49. The van der Waals surface area contributed by atoms with E-state index in [1.807, 2.05) is 18.5 Å². The highest BCUT2D eigenvalue weighted by molar-refractivity contribution is 6.50. The molecule has 1 saturated heterocycles. The van der Waals surface area contributed by atoms with Crippen LogP contribution in [0.3, 0.4) is 0 Å². The molecule has 3 atom stereocenters. The summed E-state index contributed by atoms with van der Waals surface area (Å²) in [5.74, 6) is 1.59. The number of benzene rings is 3. The zero-order valence-corrected chi connectivity index (χ0v) is 27.5. The van der Waals surface area contributed by atoms with Crippen molar-refractivity contribution < 1.29 is 0 Å². The van der Waals surface area contributed by atoms with Gasteiger partial charge in [-0.3, -0.25) is 19.9 Å². The van der Waals surface area contributed by atoms with E-state index >= 15 is 0 Å². The average Bonchev–Trinajstić information content (AvgIpc) is 3.20. The molecule has 0 radical (unpaired) electrons. The third kappa shape index (κ3) is 5.55. The Kier molecular flexibility index (Phi) is 8.16. The highest BCUT2D eigenvalue weighted by Gasteiger charge is 2.38. The van der Waals surface area contributed by atoms with E-state index in [9.17, 15) is 0 Å². The van der Waals surface area contributed by atoms with E-state index in [2.05, 4.69) is 84.4 Å². The van der Waals surface area contributed by atoms with Crippen molar-refractivity contribution in [1.82, 2.24) is 9.88 Å². The van der Waals surface area contributed by atoms with E-state index in [1.165, 1.54) is 101 Å². The van der Waals surface area contributed by atoms with Crippen LogP contribution in [0.1, 0.15) is 86.1 Å². The summed E-state index contributed by atoms with van der Waals surface area (Å²) in [5.41, 5.74) is 15.5.